The van der Waals surface area contributed by atoms with Crippen LogP contribution in [0.25, 0.3) is 0 Å². The van der Waals surface area contributed by atoms with Gasteiger partial charge >= 0.3 is 0 Å². The molecule has 1 amide bonds. The Bertz CT molecular complexity index is 436. The first-order valence-electron chi connectivity index (χ1n) is 6.85. The molecule has 1 aliphatic rings. The number of carbonyl (C=O) groups excluding carboxylic acids is 1. The quantitative estimate of drug-likeness (QED) is 0.878. The highest BCUT2D eigenvalue weighted by atomic mass is 19.1. The van der Waals surface area contributed by atoms with Gasteiger partial charge in [0.25, 0.3) is 5.91 Å². The van der Waals surface area contributed by atoms with Gasteiger partial charge < -0.3 is 10.4 Å². The first kappa shape index (κ1) is 14.0. The van der Waals surface area contributed by atoms with E-state index in [2.05, 4.69) is 5.32 Å². The standard InChI is InChI=1S/C15H20FNO2/c16-14-7-3-6-11(8-14)15(19)17-9-12-4-1-2-5-13(12)10-18/h3,6-8,12-13,18H,1-2,4-5,9-10H2,(H,17,19). The number of amides is 1. The molecule has 0 radical (unpaired) electrons. The van der Waals surface area contributed by atoms with Crippen molar-refractivity contribution in [3.63, 3.8) is 0 Å². The zero-order valence-corrected chi connectivity index (χ0v) is 10.9. The normalized spacial score (nSPS) is 23.1. The van der Waals surface area contributed by atoms with Crippen LogP contribution in [-0.4, -0.2) is 24.2 Å². The number of benzene rings is 1. The lowest BCUT2D eigenvalue weighted by Gasteiger charge is -2.30. The summed E-state index contributed by atoms with van der Waals surface area (Å²) in [6, 6.07) is 5.68. The van der Waals surface area contributed by atoms with Gasteiger partial charge in [0.1, 0.15) is 5.82 Å². The lowest BCUT2D eigenvalue weighted by Crippen LogP contribution is -2.35. The summed E-state index contributed by atoms with van der Waals surface area (Å²) in [5.41, 5.74) is 0.344. The van der Waals surface area contributed by atoms with Crippen molar-refractivity contribution >= 4 is 5.91 Å². The van der Waals surface area contributed by atoms with Gasteiger partial charge in [0.05, 0.1) is 0 Å². The van der Waals surface area contributed by atoms with Gasteiger partial charge in [-0.2, -0.15) is 0 Å². The lowest BCUT2D eigenvalue weighted by molar-refractivity contribution is 0.0909. The third-order valence-electron chi connectivity index (χ3n) is 3.91. The van der Waals surface area contributed by atoms with E-state index in [1.165, 1.54) is 18.2 Å². The molecule has 2 unspecified atom stereocenters. The summed E-state index contributed by atoms with van der Waals surface area (Å²) in [4.78, 5) is 11.9. The molecule has 1 fully saturated rings. The molecular weight excluding hydrogens is 245 g/mol. The molecule has 0 bridgehead atoms. The van der Waals surface area contributed by atoms with E-state index < -0.39 is 5.82 Å². The molecule has 19 heavy (non-hydrogen) atoms. The zero-order chi connectivity index (χ0) is 13.7. The van der Waals surface area contributed by atoms with Crippen LogP contribution in [0.4, 0.5) is 4.39 Å². The number of halogens is 1. The molecule has 104 valence electrons. The Morgan fingerprint density at radius 3 is 2.74 bits per heavy atom. The monoisotopic (exact) mass is 265 g/mol. The topological polar surface area (TPSA) is 49.3 Å². The van der Waals surface area contributed by atoms with Gasteiger partial charge in [0.15, 0.2) is 0 Å². The van der Waals surface area contributed by atoms with Crippen LogP contribution in [0.5, 0.6) is 0 Å². The van der Waals surface area contributed by atoms with Crippen LogP contribution in [0.15, 0.2) is 24.3 Å². The minimum atomic E-state index is -0.404. The second-order valence-electron chi connectivity index (χ2n) is 5.21. The minimum absolute atomic E-state index is 0.181. The van der Waals surface area contributed by atoms with Gasteiger partial charge in [-0.25, -0.2) is 4.39 Å². The van der Waals surface area contributed by atoms with Crippen molar-refractivity contribution in [2.24, 2.45) is 11.8 Å². The fraction of sp³-hybridized carbons (Fsp3) is 0.533. The second kappa shape index (κ2) is 6.66. The molecule has 2 atom stereocenters. The summed E-state index contributed by atoms with van der Waals surface area (Å²) < 4.78 is 13.0. The number of rotatable bonds is 4. The molecule has 0 aliphatic heterocycles. The fourth-order valence-corrected chi connectivity index (χ4v) is 2.75. The van der Waals surface area contributed by atoms with Crippen LogP contribution < -0.4 is 5.32 Å². The largest absolute Gasteiger partial charge is 0.396 e. The van der Waals surface area contributed by atoms with Crippen molar-refractivity contribution < 1.29 is 14.3 Å². The van der Waals surface area contributed by atoms with Gasteiger partial charge in [-0.15, -0.1) is 0 Å². The molecule has 1 aromatic rings. The number of nitrogens with one attached hydrogen (secondary N) is 1. The average molecular weight is 265 g/mol. The first-order chi connectivity index (χ1) is 9.20. The predicted molar refractivity (Wildman–Crippen MR) is 71.3 cm³/mol. The maximum atomic E-state index is 13.0. The van der Waals surface area contributed by atoms with Crippen LogP contribution in [-0.2, 0) is 0 Å². The van der Waals surface area contributed by atoms with E-state index in [-0.39, 0.29) is 18.4 Å². The maximum Gasteiger partial charge on any atom is 0.251 e. The molecule has 0 heterocycles. The van der Waals surface area contributed by atoms with Gasteiger partial charge in [0, 0.05) is 18.7 Å². The molecule has 0 aromatic heterocycles. The smallest absolute Gasteiger partial charge is 0.251 e. The van der Waals surface area contributed by atoms with Crippen molar-refractivity contribution in [3.8, 4) is 0 Å². The Kier molecular flexibility index (Phi) is 4.91. The van der Waals surface area contributed by atoms with Gasteiger partial charge in [0.2, 0.25) is 0 Å². The Balaban J connectivity index is 1.89. The average Bonchev–Trinajstić information content (AvgIpc) is 2.45. The van der Waals surface area contributed by atoms with Crippen molar-refractivity contribution in [3.05, 3.63) is 35.6 Å². The van der Waals surface area contributed by atoms with Gasteiger partial charge in [-0.1, -0.05) is 18.9 Å². The van der Waals surface area contributed by atoms with Crippen LogP contribution in [0, 0.1) is 17.7 Å². The van der Waals surface area contributed by atoms with E-state index in [9.17, 15) is 14.3 Å². The number of carbonyl (C=O) groups is 1. The Labute approximate surface area is 112 Å². The summed E-state index contributed by atoms with van der Waals surface area (Å²) >= 11 is 0. The number of hydrogen-bond donors (Lipinski definition) is 2. The third-order valence-corrected chi connectivity index (χ3v) is 3.91. The second-order valence-corrected chi connectivity index (χ2v) is 5.21. The van der Waals surface area contributed by atoms with Gasteiger partial charge in [-0.05, 0) is 42.9 Å². The van der Waals surface area contributed by atoms with E-state index >= 15 is 0 Å². The minimum Gasteiger partial charge on any atom is -0.396 e. The summed E-state index contributed by atoms with van der Waals surface area (Å²) in [5, 5.41) is 12.2. The van der Waals surface area contributed by atoms with Crippen LogP contribution >= 0.6 is 0 Å². The number of aliphatic hydroxyl groups excluding tert-OH is 1. The molecule has 1 aliphatic carbocycles. The summed E-state index contributed by atoms with van der Waals surface area (Å²) in [6.45, 7) is 0.737. The highest BCUT2D eigenvalue weighted by molar-refractivity contribution is 5.94. The zero-order valence-electron chi connectivity index (χ0n) is 10.9. The van der Waals surface area contributed by atoms with Crippen LogP contribution in [0.2, 0.25) is 0 Å². The Morgan fingerprint density at radius 1 is 1.32 bits per heavy atom. The first-order valence-corrected chi connectivity index (χ1v) is 6.85. The molecule has 1 saturated carbocycles. The van der Waals surface area contributed by atoms with Crippen molar-refractivity contribution in [2.45, 2.75) is 25.7 Å². The van der Waals surface area contributed by atoms with E-state index in [0.29, 0.717) is 18.0 Å². The molecule has 4 heteroatoms. The number of hydrogen-bond acceptors (Lipinski definition) is 2. The Morgan fingerprint density at radius 2 is 2.05 bits per heavy atom. The molecule has 2 N–H and O–H groups in total. The van der Waals surface area contributed by atoms with Crippen LogP contribution in [0.3, 0.4) is 0 Å². The van der Waals surface area contributed by atoms with E-state index in [1.54, 1.807) is 6.07 Å². The molecular formula is C15H20FNO2. The van der Waals surface area contributed by atoms with Crippen molar-refractivity contribution in [2.75, 3.05) is 13.2 Å². The predicted octanol–water partition coefficient (Wildman–Crippen LogP) is 2.35. The fourth-order valence-electron chi connectivity index (χ4n) is 2.75. The van der Waals surface area contributed by atoms with Crippen molar-refractivity contribution in [1.82, 2.24) is 5.32 Å². The number of aliphatic hydroxyl groups is 1. The Hall–Kier alpha value is -1.42. The lowest BCUT2D eigenvalue weighted by atomic mass is 9.79. The summed E-state index contributed by atoms with van der Waals surface area (Å²) in [7, 11) is 0. The molecule has 0 spiro atoms. The summed E-state index contributed by atoms with van der Waals surface area (Å²) in [5.74, 6) is -0.0434. The van der Waals surface area contributed by atoms with E-state index in [4.69, 9.17) is 0 Å². The van der Waals surface area contributed by atoms with E-state index in [0.717, 1.165) is 25.7 Å². The molecule has 0 saturated heterocycles. The SMILES string of the molecule is O=C(NCC1CCCCC1CO)c1cccc(F)c1. The molecule has 3 nitrogen and oxygen atoms in total. The van der Waals surface area contributed by atoms with Gasteiger partial charge in [-0.3, -0.25) is 4.79 Å². The van der Waals surface area contributed by atoms with Crippen molar-refractivity contribution in [1.29, 1.82) is 0 Å². The molecule has 2 rings (SSSR count). The highest BCUT2D eigenvalue weighted by Crippen LogP contribution is 2.29. The molecule has 1 aromatic carbocycles. The van der Waals surface area contributed by atoms with E-state index in [1.807, 2.05) is 0 Å². The summed E-state index contributed by atoms with van der Waals surface area (Å²) in [6.07, 6.45) is 4.36. The van der Waals surface area contributed by atoms with Crippen LogP contribution in [0.1, 0.15) is 36.0 Å². The third kappa shape index (κ3) is 3.77. The highest BCUT2D eigenvalue weighted by Gasteiger charge is 2.24. The maximum absolute atomic E-state index is 13.0.